The lowest BCUT2D eigenvalue weighted by molar-refractivity contribution is 0.190. The predicted molar refractivity (Wildman–Crippen MR) is 102 cm³/mol. The maximum atomic E-state index is 5.59. The quantitative estimate of drug-likeness (QED) is 0.882. The fraction of sp³-hybridized carbons (Fsp3) is 0.579. The van der Waals surface area contributed by atoms with Gasteiger partial charge in [0.15, 0.2) is 5.82 Å². The largest absolute Gasteiger partial charge is 0.497 e. The van der Waals surface area contributed by atoms with E-state index >= 15 is 0 Å². The Labute approximate surface area is 160 Å². The third-order valence-electron chi connectivity index (χ3n) is 5.50. The van der Waals surface area contributed by atoms with Crippen molar-refractivity contribution in [2.45, 2.75) is 37.6 Å². The number of rotatable bonds is 4. The molecule has 1 N–H and O–H groups in total. The molecule has 2 atom stereocenters. The Morgan fingerprint density at radius 3 is 3.08 bits per heavy atom. The number of likely N-dealkylation sites (N-methyl/N-ethyl adjacent to an activating group) is 1. The zero-order valence-electron chi connectivity index (χ0n) is 15.4. The lowest BCUT2D eigenvalue weighted by Gasteiger charge is -2.30. The van der Waals surface area contributed by atoms with E-state index in [-0.39, 0.29) is 18.4 Å². The van der Waals surface area contributed by atoms with Crippen LogP contribution in [0, 0.1) is 0 Å². The summed E-state index contributed by atoms with van der Waals surface area (Å²) in [6, 6.07) is 6.63. The molecule has 1 aliphatic heterocycles. The molecule has 2 unspecified atom stereocenters. The molecule has 142 valence electrons. The molecule has 26 heavy (non-hydrogen) atoms. The minimum atomic E-state index is 0. The van der Waals surface area contributed by atoms with Crippen LogP contribution in [0.3, 0.4) is 0 Å². The number of ether oxygens (including phenoxy) is 1. The van der Waals surface area contributed by atoms with Crippen LogP contribution in [0.2, 0.25) is 0 Å². The van der Waals surface area contributed by atoms with Crippen molar-refractivity contribution in [2.75, 3.05) is 33.8 Å². The van der Waals surface area contributed by atoms with Crippen LogP contribution in [0.5, 0.6) is 5.75 Å². The summed E-state index contributed by atoms with van der Waals surface area (Å²) in [5.41, 5.74) is 2.80. The van der Waals surface area contributed by atoms with Crippen molar-refractivity contribution in [3.05, 3.63) is 41.0 Å². The fourth-order valence-electron chi connectivity index (χ4n) is 4.02. The molecule has 0 bridgehead atoms. The zero-order chi connectivity index (χ0) is 17.2. The van der Waals surface area contributed by atoms with E-state index in [4.69, 9.17) is 14.2 Å². The Hall–Kier alpha value is -1.63. The second-order valence-corrected chi connectivity index (χ2v) is 7.10. The molecule has 1 aliphatic carbocycles. The number of nitrogens with zero attached hydrogens (tertiary/aromatic N) is 3. The summed E-state index contributed by atoms with van der Waals surface area (Å²) < 4.78 is 11.0. The van der Waals surface area contributed by atoms with Gasteiger partial charge in [-0.25, -0.2) is 0 Å². The van der Waals surface area contributed by atoms with Crippen LogP contribution in [0.25, 0.3) is 0 Å². The molecule has 1 aromatic carbocycles. The van der Waals surface area contributed by atoms with E-state index in [1.54, 1.807) is 7.11 Å². The van der Waals surface area contributed by atoms with Gasteiger partial charge in [-0.05, 0) is 55.5 Å². The molecule has 2 aromatic rings. The van der Waals surface area contributed by atoms with Gasteiger partial charge in [-0.15, -0.1) is 12.4 Å². The third-order valence-corrected chi connectivity index (χ3v) is 5.50. The number of piperazine rings is 1. The van der Waals surface area contributed by atoms with Gasteiger partial charge in [-0.1, -0.05) is 11.2 Å². The minimum absolute atomic E-state index is 0. The molecule has 0 amide bonds. The van der Waals surface area contributed by atoms with E-state index in [0.29, 0.717) is 5.92 Å². The molecule has 0 spiro atoms. The van der Waals surface area contributed by atoms with E-state index in [1.165, 1.54) is 24.0 Å². The molecule has 4 rings (SSSR count). The van der Waals surface area contributed by atoms with Gasteiger partial charge in [-0.2, -0.15) is 4.98 Å². The van der Waals surface area contributed by atoms with Crippen molar-refractivity contribution >= 4 is 12.4 Å². The van der Waals surface area contributed by atoms with Crippen molar-refractivity contribution in [2.24, 2.45) is 0 Å². The Balaban J connectivity index is 0.00000196. The first kappa shape index (κ1) is 19.1. The topological polar surface area (TPSA) is 63.4 Å². The van der Waals surface area contributed by atoms with E-state index in [9.17, 15) is 0 Å². The first-order chi connectivity index (χ1) is 12.2. The van der Waals surface area contributed by atoms with Crippen molar-refractivity contribution in [3.8, 4) is 5.75 Å². The van der Waals surface area contributed by atoms with Gasteiger partial charge in [0.2, 0.25) is 5.89 Å². The molecule has 0 radical (unpaired) electrons. The van der Waals surface area contributed by atoms with E-state index in [2.05, 4.69) is 40.6 Å². The molecule has 1 aromatic heterocycles. The highest BCUT2D eigenvalue weighted by Gasteiger charge is 2.27. The van der Waals surface area contributed by atoms with Gasteiger partial charge in [0.05, 0.1) is 13.2 Å². The maximum Gasteiger partial charge on any atom is 0.227 e. The highest BCUT2D eigenvalue weighted by molar-refractivity contribution is 5.85. The van der Waals surface area contributed by atoms with Gasteiger partial charge in [0.1, 0.15) is 5.75 Å². The van der Waals surface area contributed by atoms with Crippen LogP contribution in [0.15, 0.2) is 22.7 Å². The molecule has 0 saturated carbocycles. The lowest BCUT2D eigenvalue weighted by atomic mass is 9.81. The third kappa shape index (κ3) is 3.87. The molecule has 1 saturated heterocycles. The lowest BCUT2D eigenvalue weighted by Crippen LogP contribution is -2.44. The number of aromatic nitrogens is 2. The second kappa shape index (κ2) is 8.37. The van der Waals surface area contributed by atoms with Crippen molar-refractivity contribution < 1.29 is 9.26 Å². The number of benzene rings is 1. The molecule has 2 heterocycles. The highest BCUT2D eigenvalue weighted by atomic mass is 35.5. The van der Waals surface area contributed by atoms with E-state index in [0.717, 1.165) is 49.9 Å². The standard InChI is InChI=1S/C19H26N4O2.ClH/c1-23-9-8-20-12-17(23)19-21-18(25-22-19)11-14-5-3-4-13-10-15(24-2)6-7-16(13)14;/h6-7,10,14,17,20H,3-5,8-9,11-12H2,1-2H3;1H. The monoisotopic (exact) mass is 378 g/mol. The van der Waals surface area contributed by atoms with Crippen LogP contribution in [0.1, 0.15) is 47.6 Å². The second-order valence-electron chi connectivity index (χ2n) is 7.10. The van der Waals surface area contributed by atoms with Crippen LogP contribution >= 0.6 is 12.4 Å². The zero-order valence-corrected chi connectivity index (χ0v) is 16.2. The van der Waals surface area contributed by atoms with Gasteiger partial charge in [0.25, 0.3) is 0 Å². The van der Waals surface area contributed by atoms with Crippen LogP contribution < -0.4 is 10.1 Å². The summed E-state index contributed by atoms with van der Waals surface area (Å²) in [6.07, 6.45) is 4.30. The number of fused-ring (bicyclic) bond motifs is 1. The Kier molecular flexibility index (Phi) is 6.16. The first-order valence-corrected chi connectivity index (χ1v) is 9.15. The Morgan fingerprint density at radius 1 is 1.38 bits per heavy atom. The van der Waals surface area contributed by atoms with Crippen molar-refractivity contribution in [1.29, 1.82) is 0 Å². The Morgan fingerprint density at radius 2 is 2.27 bits per heavy atom. The number of hydrogen-bond acceptors (Lipinski definition) is 6. The molecular formula is C19H27ClN4O2. The van der Waals surface area contributed by atoms with Crippen LogP contribution in [-0.2, 0) is 12.8 Å². The van der Waals surface area contributed by atoms with Gasteiger partial charge < -0.3 is 14.6 Å². The van der Waals surface area contributed by atoms with Crippen LogP contribution in [0.4, 0.5) is 0 Å². The molecule has 7 heteroatoms. The Bertz CT molecular complexity index is 736. The summed E-state index contributed by atoms with van der Waals surface area (Å²) in [7, 11) is 3.84. The average Bonchev–Trinajstić information content (AvgIpc) is 3.10. The normalized spacial score (nSPS) is 23.2. The summed E-state index contributed by atoms with van der Waals surface area (Å²) >= 11 is 0. The van der Waals surface area contributed by atoms with E-state index in [1.807, 2.05) is 0 Å². The first-order valence-electron chi connectivity index (χ1n) is 9.15. The van der Waals surface area contributed by atoms with Crippen molar-refractivity contribution in [3.63, 3.8) is 0 Å². The molecule has 2 aliphatic rings. The fourth-order valence-corrected chi connectivity index (χ4v) is 4.02. The van der Waals surface area contributed by atoms with Gasteiger partial charge in [-0.3, -0.25) is 4.90 Å². The van der Waals surface area contributed by atoms with E-state index < -0.39 is 0 Å². The molecule has 1 fully saturated rings. The number of nitrogens with one attached hydrogen (secondary N) is 1. The summed E-state index contributed by atoms with van der Waals surface area (Å²) in [4.78, 5) is 6.99. The molecular weight excluding hydrogens is 352 g/mol. The van der Waals surface area contributed by atoms with Gasteiger partial charge in [0, 0.05) is 26.1 Å². The van der Waals surface area contributed by atoms with Gasteiger partial charge >= 0.3 is 0 Å². The van der Waals surface area contributed by atoms with Crippen LogP contribution in [-0.4, -0.2) is 48.8 Å². The molecule has 6 nitrogen and oxygen atoms in total. The SMILES string of the molecule is COc1ccc2c(c1)CCCC2Cc1nc(C2CNCCN2C)no1.Cl. The number of aryl methyl sites for hydroxylation is 1. The number of halogens is 1. The number of hydrogen-bond donors (Lipinski definition) is 1. The minimum Gasteiger partial charge on any atom is -0.497 e. The number of methoxy groups -OCH3 is 1. The summed E-state index contributed by atoms with van der Waals surface area (Å²) in [5, 5.41) is 7.65. The smallest absolute Gasteiger partial charge is 0.227 e. The predicted octanol–water partition coefficient (Wildman–Crippen LogP) is 2.74. The average molecular weight is 379 g/mol. The summed E-state index contributed by atoms with van der Waals surface area (Å²) in [5.74, 6) is 2.94. The highest BCUT2D eigenvalue weighted by Crippen LogP contribution is 2.35. The van der Waals surface area contributed by atoms with Crippen molar-refractivity contribution in [1.82, 2.24) is 20.4 Å². The summed E-state index contributed by atoms with van der Waals surface area (Å²) in [6.45, 7) is 2.90. The maximum absolute atomic E-state index is 5.59.